The monoisotopic (exact) mass is 772 g/mol. The molecule has 0 radical (unpaired) electrons. The highest BCUT2D eigenvalue weighted by Gasteiger charge is 2.75. The van der Waals surface area contributed by atoms with Crippen molar-refractivity contribution in [1.29, 1.82) is 0 Å². The number of aryl methyl sites for hydroxylation is 1. The highest BCUT2D eigenvalue weighted by molar-refractivity contribution is 7.91. The zero-order valence-electron chi connectivity index (χ0n) is 32.1. The fourth-order valence-electron chi connectivity index (χ4n) is 11.3. The minimum Gasteiger partial charge on any atom is -0.497 e. The molecule has 4 saturated carbocycles. The Morgan fingerprint density at radius 1 is 0.526 bits per heavy atom. The summed E-state index contributed by atoms with van der Waals surface area (Å²) < 4.78 is 44.8. The number of carbonyl (C=O) groups is 1. The molecule has 10 rings (SSSR count). The van der Waals surface area contributed by atoms with Crippen LogP contribution in [0.4, 0.5) is 0 Å². The van der Waals surface area contributed by atoms with Crippen LogP contribution in [0.3, 0.4) is 0 Å². The van der Waals surface area contributed by atoms with Crippen LogP contribution in [0.1, 0.15) is 71.1 Å². The first-order valence-electron chi connectivity index (χ1n) is 19.8. The molecular weight excluding hydrogens is 729 g/mol. The van der Waals surface area contributed by atoms with E-state index in [9.17, 15) is 13.2 Å². The quantitative estimate of drug-likeness (QED) is 0.122. The smallest absolute Gasteiger partial charge is 0.206 e. The summed E-state index contributed by atoms with van der Waals surface area (Å²) in [4.78, 5) is 13.2. The third kappa shape index (κ3) is 5.97. The van der Waals surface area contributed by atoms with Crippen molar-refractivity contribution >= 4 is 15.6 Å². The zero-order valence-corrected chi connectivity index (χ0v) is 32.9. The summed E-state index contributed by atoms with van der Waals surface area (Å²) in [5, 5.41) is 0. The molecule has 7 heteroatoms. The maximum Gasteiger partial charge on any atom is 0.206 e. The highest BCUT2D eigenvalue weighted by atomic mass is 32.2. The van der Waals surface area contributed by atoms with E-state index in [1.54, 1.807) is 67.8 Å². The Morgan fingerprint density at radius 3 is 1.35 bits per heavy atom. The molecule has 3 bridgehead atoms. The number of methoxy groups -OCH3 is 1. The van der Waals surface area contributed by atoms with Gasteiger partial charge in [0.1, 0.15) is 28.7 Å². The normalized spacial score (nSPS) is 25.4. The van der Waals surface area contributed by atoms with Crippen molar-refractivity contribution in [3.63, 3.8) is 0 Å². The predicted octanol–water partition coefficient (Wildman–Crippen LogP) is 11.4. The molecule has 1 spiro atoms. The fourth-order valence-corrected chi connectivity index (χ4v) is 12.5. The van der Waals surface area contributed by atoms with Gasteiger partial charge in [-0.3, -0.25) is 4.79 Å². The molecule has 4 fully saturated rings. The average molecular weight is 773 g/mol. The molecular formula is C50H44O6S. The first-order chi connectivity index (χ1) is 27.6. The lowest BCUT2D eigenvalue weighted by atomic mass is 9.54. The lowest BCUT2D eigenvalue weighted by Gasteiger charge is -2.50. The van der Waals surface area contributed by atoms with Crippen LogP contribution in [0.15, 0.2) is 155 Å². The van der Waals surface area contributed by atoms with E-state index in [1.165, 1.54) is 61.8 Å². The lowest BCUT2D eigenvalue weighted by molar-refractivity contribution is -0.00114. The summed E-state index contributed by atoms with van der Waals surface area (Å²) in [7, 11) is -2.04. The van der Waals surface area contributed by atoms with Gasteiger partial charge in [-0.05, 0) is 182 Å². The van der Waals surface area contributed by atoms with Crippen LogP contribution in [0.5, 0.6) is 28.7 Å². The molecule has 286 valence electrons. The number of carbonyl (C=O) groups excluding carboxylic acids is 1. The van der Waals surface area contributed by atoms with Gasteiger partial charge in [0.05, 0.1) is 16.9 Å². The van der Waals surface area contributed by atoms with E-state index in [4.69, 9.17) is 14.2 Å². The van der Waals surface area contributed by atoms with Gasteiger partial charge < -0.3 is 14.2 Å². The van der Waals surface area contributed by atoms with Gasteiger partial charge in [-0.25, -0.2) is 8.42 Å². The van der Waals surface area contributed by atoms with Crippen LogP contribution in [-0.4, -0.2) is 21.3 Å². The van der Waals surface area contributed by atoms with Crippen molar-refractivity contribution < 1.29 is 27.4 Å². The molecule has 0 N–H and O–H groups in total. The van der Waals surface area contributed by atoms with E-state index in [0.717, 1.165) is 28.9 Å². The average Bonchev–Trinajstić information content (AvgIpc) is 3.55. The summed E-state index contributed by atoms with van der Waals surface area (Å²) in [6.07, 6.45) is 7.78. The SMILES string of the molecule is COc1ccc(C23CC4CC5CC(c6ccc(Oc7ccc(S(=O)(=O)c8ccc(Oc9ccc(C(=O)c%10ccc(C)cc%10)cc9)cc8)cc7)cc6)(C2)CC45C3)cc1. The number of fused-ring (bicyclic) bond motifs is 2. The van der Waals surface area contributed by atoms with Crippen LogP contribution in [0.25, 0.3) is 0 Å². The third-order valence-corrected chi connectivity index (χ3v) is 15.6. The van der Waals surface area contributed by atoms with Crippen LogP contribution >= 0.6 is 0 Å². The second-order valence-corrected chi connectivity index (χ2v) is 18.9. The van der Waals surface area contributed by atoms with Crippen molar-refractivity contribution in [2.24, 2.45) is 17.3 Å². The fraction of sp³-hybridized carbons (Fsp3) is 0.260. The van der Waals surface area contributed by atoms with Gasteiger partial charge in [-0.2, -0.15) is 0 Å². The molecule has 57 heavy (non-hydrogen) atoms. The molecule has 0 aromatic heterocycles. The molecule has 6 aromatic rings. The van der Waals surface area contributed by atoms with Crippen LogP contribution in [0.2, 0.25) is 0 Å². The van der Waals surface area contributed by atoms with Crippen molar-refractivity contribution in [3.05, 3.63) is 173 Å². The third-order valence-electron chi connectivity index (χ3n) is 13.8. The van der Waals surface area contributed by atoms with Crippen molar-refractivity contribution in [2.45, 2.75) is 66.1 Å². The van der Waals surface area contributed by atoms with Gasteiger partial charge in [-0.1, -0.05) is 54.1 Å². The number of sulfone groups is 1. The Hall–Kier alpha value is -5.66. The van der Waals surface area contributed by atoms with Crippen LogP contribution in [0, 0.1) is 24.2 Å². The summed E-state index contributed by atoms with van der Waals surface area (Å²) in [6.45, 7) is 1.98. The number of ketones is 1. The van der Waals surface area contributed by atoms with Gasteiger partial charge in [-0.15, -0.1) is 0 Å². The van der Waals surface area contributed by atoms with Crippen molar-refractivity contribution in [2.75, 3.05) is 7.11 Å². The lowest BCUT2D eigenvalue weighted by Crippen LogP contribution is -2.43. The van der Waals surface area contributed by atoms with Crippen molar-refractivity contribution in [1.82, 2.24) is 0 Å². The topological polar surface area (TPSA) is 78.9 Å². The van der Waals surface area contributed by atoms with Gasteiger partial charge in [0.2, 0.25) is 9.84 Å². The second-order valence-electron chi connectivity index (χ2n) is 17.0. The first kappa shape index (κ1) is 35.7. The summed E-state index contributed by atoms with van der Waals surface area (Å²) in [6, 6.07) is 44.9. The van der Waals surface area contributed by atoms with Gasteiger partial charge in [0.25, 0.3) is 0 Å². The van der Waals surface area contributed by atoms with E-state index in [0.29, 0.717) is 33.8 Å². The highest BCUT2D eigenvalue weighted by Crippen LogP contribution is 2.82. The molecule has 5 atom stereocenters. The van der Waals surface area contributed by atoms with Gasteiger partial charge in [0, 0.05) is 11.1 Å². The number of hydrogen-bond acceptors (Lipinski definition) is 6. The Labute approximate surface area is 334 Å². The summed E-state index contributed by atoms with van der Waals surface area (Å²) >= 11 is 0. The molecule has 6 nitrogen and oxygen atoms in total. The number of rotatable bonds is 11. The largest absolute Gasteiger partial charge is 0.497 e. The Balaban J connectivity index is 0.792. The molecule has 0 amide bonds. The van der Waals surface area contributed by atoms with E-state index in [1.807, 2.05) is 31.2 Å². The van der Waals surface area contributed by atoms with E-state index >= 15 is 0 Å². The Morgan fingerprint density at radius 2 is 0.912 bits per heavy atom. The predicted molar refractivity (Wildman–Crippen MR) is 219 cm³/mol. The van der Waals surface area contributed by atoms with Gasteiger partial charge >= 0.3 is 0 Å². The molecule has 4 aliphatic rings. The number of hydrogen-bond donors (Lipinski definition) is 0. The van der Waals surface area contributed by atoms with E-state index in [-0.39, 0.29) is 26.4 Å². The standard InChI is InChI=1S/C50H44O6S/c1-33-3-5-34(6-4-33)47(51)35-7-13-41(14-8-35)55-43-19-23-45(24-20-43)57(52,53)46-25-21-44(22-26-46)56-42-17-11-37(12-18-42)49-29-39-27-38-28-48(30-49,31-50(38,39)32-49)36-9-15-40(54-2)16-10-36/h3-26,38-39H,27-32H2,1-2H3. The Kier molecular flexibility index (Phi) is 8.28. The van der Waals surface area contributed by atoms with E-state index < -0.39 is 9.84 Å². The molecule has 5 unspecified atom stereocenters. The maximum atomic E-state index is 13.6. The maximum absolute atomic E-state index is 13.6. The minimum atomic E-state index is -3.78. The first-order valence-corrected chi connectivity index (χ1v) is 21.3. The number of ether oxygens (including phenoxy) is 3. The molecule has 4 aliphatic carbocycles. The van der Waals surface area contributed by atoms with Crippen molar-refractivity contribution in [3.8, 4) is 28.7 Å². The van der Waals surface area contributed by atoms with Crippen LogP contribution in [-0.2, 0) is 20.7 Å². The molecule has 0 aliphatic heterocycles. The van der Waals surface area contributed by atoms with Gasteiger partial charge in [0.15, 0.2) is 5.78 Å². The molecule has 0 saturated heterocycles. The van der Waals surface area contributed by atoms with Crippen LogP contribution < -0.4 is 14.2 Å². The summed E-state index contributed by atoms with van der Waals surface area (Å²) in [5.41, 5.74) is 6.08. The second kappa shape index (κ2) is 13.2. The molecule has 0 heterocycles. The Bertz CT molecular complexity index is 2580. The molecule has 6 aromatic carbocycles. The summed E-state index contributed by atoms with van der Waals surface area (Å²) in [5.74, 6) is 4.85. The zero-order chi connectivity index (χ0) is 39.0. The number of benzene rings is 6. The minimum absolute atomic E-state index is 0.0624. The van der Waals surface area contributed by atoms with E-state index in [2.05, 4.69) is 48.5 Å².